The standard InChI is InChI=1S/C13H20N4O4S/c1-10-8-17(5-6-22(19,20)9-10)13(18)15-7-11-14-4-3-12(16-11)21-2/h3-4,10H,5-9H2,1-2H3,(H,15,18). The molecule has 1 aliphatic heterocycles. The lowest BCUT2D eigenvalue weighted by molar-refractivity contribution is 0.195. The number of carbonyl (C=O) groups is 1. The van der Waals surface area contributed by atoms with E-state index in [2.05, 4.69) is 15.3 Å². The SMILES string of the molecule is COc1ccnc(CNC(=O)N2CCS(=O)(=O)CC(C)C2)n1. The fourth-order valence-electron chi connectivity index (χ4n) is 2.32. The molecule has 1 saturated heterocycles. The molecular formula is C13H20N4O4S. The number of carbonyl (C=O) groups excluding carboxylic acids is 1. The summed E-state index contributed by atoms with van der Waals surface area (Å²) in [4.78, 5) is 21.8. The van der Waals surface area contributed by atoms with Crippen molar-refractivity contribution in [1.82, 2.24) is 20.2 Å². The predicted molar refractivity (Wildman–Crippen MR) is 80.2 cm³/mol. The molecule has 1 N–H and O–H groups in total. The monoisotopic (exact) mass is 328 g/mol. The maximum Gasteiger partial charge on any atom is 0.317 e. The van der Waals surface area contributed by atoms with Crippen LogP contribution in [0.4, 0.5) is 4.79 Å². The van der Waals surface area contributed by atoms with Gasteiger partial charge < -0.3 is 15.0 Å². The molecule has 8 nitrogen and oxygen atoms in total. The van der Waals surface area contributed by atoms with E-state index in [-0.39, 0.29) is 36.5 Å². The molecule has 1 atom stereocenters. The summed E-state index contributed by atoms with van der Waals surface area (Å²) in [7, 11) is -1.57. The van der Waals surface area contributed by atoms with Crippen LogP contribution in [0.15, 0.2) is 12.3 Å². The normalized spacial score (nSPS) is 21.0. The predicted octanol–water partition coefficient (Wildman–Crippen LogP) is 0.0613. The molecule has 2 amide bonds. The number of rotatable bonds is 3. The summed E-state index contributed by atoms with van der Waals surface area (Å²) in [5, 5.41) is 2.71. The van der Waals surface area contributed by atoms with Gasteiger partial charge in [0.15, 0.2) is 15.7 Å². The summed E-state index contributed by atoms with van der Waals surface area (Å²) in [5.74, 6) is 0.902. The molecule has 122 valence electrons. The van der Waals surface area contributed by atoms with E-state index in [1.54, 1.807) is 12.3 Å². The molecule has 1 aromatic heterocycles. The number of nitrogens with one attached hydrogen (secondary N) is 1. The molecule has 0 bridgehead atoms. The molecule has 0 aromatic carbocycles. The number of amides is 2. The highest BCUT2D eigenvalue weighted by Gasteiger charge is 2.26. The van der Waals surface area contributed by atoms with Gasteiger partial charge in [-0.3, -0.25) is 0 Å². The van der Waals surface area contributed by atoms with Crippen LogP contribution in [0, 0.1) is 5.92 Å². The van der Waals surface area contributed by atoms with Crippen LogP contribution in [-0.4, -0.2) is 61.0 Å². The summed E-state index contributed by atoms with van der Waals surface area (Å²) in [6, 6.07) is 1.31. The number of nitrogens with zero attached hydrogens (tertiary/aromatic N) is 3. The largest absolute Gasteiger partial charge is 0.481 e. The number of sulfone groups is 1. The lowest BCUT2D eigenvalue weighted by Crippen LogP contribution is -2.42. The van der Waals surface area contributed by atoms with E-state index in [4.69, 9.17) is 4.74 Å². The third-order valence-corrected chi connectivity index (χ3v) is 5.20. The molecule has 2 rings (SSSR count). The Morgan fingerprint density at radius 2 is 2.32 bits per heavy atom. The van der Waals surface area contributed by atoms with Crippen molar-refractivity contribution >= 4 is 15.9 Å². The van der Waals surface area contributed by atoms with Crippen molar-refractivity contribution < 1.29 is 17.9 Å². The van der Waals surface area contributed by atoms with Gasteiger partial charge in [-0.1, -0.05) is 6.92 Å². The van der Waals surface area contributed by atoms with Gasteiger partial charge in [0.2, 0.25) is 5.88 Å². The van der Waals surface area contributed by atoms with Gasteiger partial charge >= 0.3 is 6.03 Å². The van der Waals surface area contributed by atoms with Crippen molar-refractivity contribution in [1.29, 1.82) is 0 Å². The van der Waals surface area contributed by atoms with Crippen molar-refractivity contribution in [3.63, 3.8) is 0 Å². The van der Waals surface area contributed by atoms with Crippen LogP contribution < -0.4 is 10.1 Å². The minimum absolute atomic E-state index is 0.000417. The number of hydrogen-bond donors (Lipinski definition) is 1. The van der Waals surface area contributed by atoms with Gasteiger partial charge in [0.05, 0.1) is 25.2 Å². The fourth-order valence-corrected chi connectivity index (χ4v) is 3.95. The van der Waals surface area contributed by atoms with E-state index in [1.165, 1.54) is 12.0 Å². The Morgan fingerprint density at radius 3 is 3.05 bits per heavy atom. The van der Waals surface area contributed by atoms with Crippen molar-refractivity contribution in [3.8, 4) is 5.88 Å². The highest BCUT2D eigenvalue weighted by atomic mass is 32.2. The average molecular weight is 328 g/mol. The van der Waals surface area contributed by atoms with Crippen molar-refractivity contribution in [2.24, 2.45) is 5.92 Å². The summed E-state index contributed by atoms with van der Waals surface area (Å²) in [6.45, 7) is 2.61. The highest BCUT2D eigenvalue weighted by Crippen LogP contribution is 2.11. The van der Waals surface area contributed by atoms with Crippen molar-refractivity contribution in [2.75, 3.05) is 31.7 Å². The van der Waals surface area contributed by atoms with Crippen molar-refractivity contribution in [3.05, 3.63) is 18.1 Å². The Morgan fingerprint density at radius 1 is 1.55 bits per heavy atom. The smallest absolute Gasteiger partial charge is 0.317 e. The summed E-state index contributed by atoms with van der Waals surface area (Å²) >= 11 is 0. The zero-order chi connectivity index (χ0) is 16.2. The second kappa shape index (κ2) is 6.91. The van der Waals surface area contributed by atoms with Gasteiger partial charge in [-0.15, -0.1) is 0 Å². The number of urea groups is 1. The Labute approximate surface area is 129 Å². The zero-order valence-corrected chi connectivity index (χ0v) is 13.5. The minimum atomic E-state index is -3.07. The Hall–Kier alpha value is -1.90. The van der Waals surface area contributed by atoms with E-state index in [1.807, 2.05) is 6.92 Å². The van der Waals surface area contributed by atoms with Gasteiger partial charge in [-0.05, 0) is 5.92 Å². The number of hydrogen-bond acceptors (Lipinski definition) is 6. The highest BCUT2D eigenvalue weighted by molar-refractivity contribution is 7.91. The lowest BCUT2D eigenvalue weighted by Gasteiger charge is -2.22. The number of ether oxygens (including phenoxy) is 1. The van der Waals surface area contributed by atoms with E-state index in [0.29, 0.717) is 18.2 Å². The third-order valence-electron chi connectivity index (χ3n) is 3.32. The van der Waals surface area contributed by atoms with Crippen LogP contribution in [0.1, 0.15) is 12.7 Å². The topological polar surface area (TPSA) is 101 Å². The first-order valence-corrected chi connectivity index (χ1v) is 8.81. The minimum Gasteiger partial charge on any atom is -0.481 e. The first-order chi connectivity index (χ1) is 10.4. The molecule has 9 heteroatoms. The van der Waals surface area contributed by atoms with Gasteiger partial charge in [-0.25, -0.2) is 18.2 Å². The summed E-state index contributed by atoms with van der Waals surface area (Å²) in [6.07, 6.45) is 1.55. The maximum atomic E-state index is 12.2. The maximum absolute atomic E-state index is 12.2. The molecule has 2 heterocycles. The molecule has 0 saturated carbocycles. The van der Waals surface area contributed by atoms with Gasteiger partial charge in [0, 0.05) is 25.4 Å². The average Bonchev–Trinajstić information content (AvgIpc) is 2.62. The fraction of sp³-hybridized carbons (Fsp3) is 0.615. The molecule has 1 aliphatic rings. The molecule has 0 aliphatic carbocycles. The Kier molecular flexibility index (Phi) is 5.17. The summed E-state index contributed by atoms with van der Waals surface area (Å²) < 4.78 is 28.4. The molecular weight excluding hydrogens is 308 g/mol. The Bertz CT molecular complexity index is 635. The number of methoxy groups -OCH3 is 1. The van der Waals surface area contributed by atoms with Gasteiger partial charge in [0.25, 0.3) is 0 Å². The molecule has 1 unspecified atom stereocenters. The van der Waals surface area contributed by atoms with Gasteiger partial charge in [0.1, 0.15) is 0 Å². The van der Waals surface area contributed by atoms with E-state index in [9.17, 15) is 13.2 Å². The lowest BCUT2D eigenvalue weighted by atomic mass is 10.2. The third kappa shape index (κ3) is 4.55. The Balaban J connectivity index is 1.94. The van der Waals surface area contributed by atoms with E-state index in [0.717, 1.165) is 0 Å². The molecule has 1 fully saturated rings. The van der Waals surface area contributed by atoms with Crippen molar-refractivity contribution in [2.45, 2.75) is 13.5 Å². The van der Waals surface area contributed by atoms with Crippen LogP contribution in [0.5, 0.6) is 5.88 Å². The van der Waals surface area contributed by atoms with Crippen LogP contribution in [0.25, 0.3) is 0 Å². The second-order valence-electron chi connectivity index (χ2n) is 5.34. The van der Waals surface area contributed by atoms with Crippen LogP contribution in [-0.2, 0) is 16.4 Å². The first-order valence-electron chi connectivity index (χ1n) is 6.99. The second-order valence-corrected chi connectivity index (χ2v) is 7.57. The first kappa shape index (κ1) is 16.5. The van der Waals surface area contributed by atoms with E-state index < -0.39 is 9.84 Å². The molecule has 0 spiro atoms. The molecule has 22 heavy (non-hydrogen) atoms. The zero-order valence-electron chi connectivity index (χ0n) is 12.7. The quantitative estimate of drug-likeness (QED) is 0.842. The van der Waals surface area contributed by atoms with Crippen LogP contribution in [0.3, 0.4) is 0 Å². The summed E-state index contributed by atoms with van der Waals surface area (Å²) in [5.41, 5.74) is 0. The van der Waals surface area contributed by atoms with Gasteiger partial charge in [-0.2, -0.15) is 4.98 Å². The molecule has 1 aromatic rings. The van der Waals surface area contributed by atoms with Crippen LogP contribution >= 0.6 is 0 Å². The van der Waals surface area contributed by atoms with Crippen LogP contribution in [0.2, 0.25) is 0 Å². The van der Waals surface area contributed by atoms with E-state index >= 15 is 0 Å². The number of aromatic nitrogens is 2. The molecule has 0 radical (unpaired) electrons.